The van der Waals surface area contributed by atoms with E-state index in [-0.39, 0.29) is 11.7 Å². The van der Waals surface area contributed by atoms with Gasteiger partial charge in [0.15, 0.2) is 0 Å². The third-order valence-electron chi connectivity index (χ3n) is 2.58. The van der Waals surface area contributed by atoms with Gasteiger partial charge < -0.3 is 10.1 Å². The van der Waals surface area contributed by atoms with Gasteiger partial charge in [0.25, 0.3) is 0 Å². The summed E-state index contributed by atoms with van der Waals surface area (Å²) in [5.41, 5.74) is 0.598. The zero-order valence-corrected chi connectivity index (χ0v) is 8.47. The van der Waals surface area contributed by atoms with E-state index in [1.807, 2.05) is 0 Å². The summed E-state index contributed by atoms with van der Waals surface area (Å²) >= 11 is 0. The van der Waals surface area contributed by atoms with E-state index in [9.17, 15) is 13.2 Å². The molecule has 1 heterocycles. The van der Waals surface area contributed by atoms with Gasteiger partial charge >= 0.3 is 6.36 Å². The Morgan fingerprint density at radius 3 is 2.88 bits per heavy atom. The standard InChI is InChI=1S/C11H11F3NO/c12-11(13,14)16-10-4-2-1-3-9(10)8-5-6-15-7-8/h1,3-4,8,15H,5-7H2/t8-/m1/s1. The Morgan fingerprint density at radius 1 is 1.44 bits per heavy atom. The lowest BCUT2D eigenvalue weighted by Gasteiger charge is -2.16. The van der Waals surface area contributed by atoms with E-state index in [1.54, 1.807) is 12.1 Å². The summed E-state index contributed by atoms with van der Waals surface area (Å²) in [6.45, 7) is 1.52. The van der Waals surface area contributed by atoms with E-state index >= 15 is 0 Å². The van der Waals surface area contributed by atoms with Crippen LogP contribution in [0.25, 0.3) is 0 Å². The second-order valence-electron chi connectivity index (χ2n) is 3.70. The number of hydrogen-bond donors (Lipinski definition) is 1. The number of hydrogen-bond acceptors (Lipinski definition) is 2. The van der Waals surface area contributed by atoms with Crippen LogP contribution in [0, 0.1) is 6.07 Å². The molecule has 1 aromatic rings. The number of alkyl halides is 3. The van der Waals surface area contributed by atoms with Crippen molar-refractivity contribution < 1.29 is 17.9 Å². The van der Waals surface area contributed by atoms with Crippen molar-refractivity contribution in [3.8, 4) is 5.75 Å². The number of ether oxygens (including phenoxy) is 1. The van der Waals surface area contributed by atoms with Crippen molar-refractivity contribution in [2.75, 3.05) is 13.1 Å². The smallest absolute Gasteiger partial charge is 0.405 e. The molecule has 1 atom stereocenters. The Morgan fingerprint density at radius 2 is 2.25 bits per heavy atom. The van der Waals surface area contributed by atoms with Gasteiger partial charge in [0.05, 0.1) is 0 Å². The molecule has 5 heteroatoms. The molecular formula is C11H11F3NO. The first-order chi connectivity index (χ1) is 7.56. The Balaban J connectivity index is 2.23. The van der Waals surface area contributed by atoms with Gasteiger partial charge in [0, 0.05) is 12.5 Å². The maximum atomic E-state index is 12.2. The highest BCUT2D eigenvalue weighted by atomic mass is 19.4. The van der Waals surface area contributed by atoms with Crippen LogP contribution in [-0.2, 0) is 0 Å². The molecule has 0 bridgehead atoms. The van der Waals surface area contributed by atoms with E-state index in [0.717, 1.165) is 13.0 Å². The summed E-state index contributed by atoms with van der Waals surface area (Å²) in [5, 5.41) is 3.11. The highest BCUT2D eigenvalue weighted by molar-refractivity contribution is 5.36. The molecule has 0 unspecified atom stereocenters. The van der Waals surface area contributed by atoms with Crippen molar-refractivity contribution in [2.45, 2.75) is 18.7 Å². The van der Waals surface area contributed by atoms with Crippen LogP contribution < -0.4 is 10.1 Å². The number of rotatable bonds is 2. The van der Waals surface area contributed by atoms with Gasteiger partial charge in [-0.15, -0.1) is 13.2 Å². The fourth-order valence-electron chi connectivity index (χ4n) is 1.90. The van der Waals surface area contributed by atoms with Gasteiger partial charge in [-0.3, -0.25) is 0 Å². The van der Waals surface area contributed by atoms with E-state index in [0.29, 0.717) is 12.1 Å². The number of nitrogens with one attached hydrogen (secondary N) is 1. The van der Waals surface area contributed by atoms with E-state index < -0.39 is 6.36 Å². The Hall–Kier alpha value is -1.23. The van der Waals surface area contributed by atoms with E-state index in [2.05, 4.69) is 16.1 Å². The average molecular weight is 230 g/mol. The summed E-state index contributed by atoms with van der Waals surface area (Å²) in [4.78, 5) is 0. The monoisotopic (exact) mass is 230 g/mol. The zero-order chi connectivity index (χ0) is 11.6. The maximum Gasteiger partial charge on any atom is 0.573 e. The summed E-state index contributed by atoms with van der Waals surface area (Å²) in [7, 11) is 0. The molecule has 1 N–H and O–H groups in total. The number of benzene rings is 1. The molecule has 1 fully saturated rings. The quantitative estimate of drug-likeness (QED) is 0.842. The van der Waals surface area contributed by atoms with Gasteiger partial charge in [0.1, 0.15) is 5.75 Å². The Kier molecular flexibility index (Phi) is 3.05. The summed E-state index contributed by atoms with van der Waals surface area (Å²) in [6.07, 6.45) is -3.81. The summed E-state index contributed by atoms with van der Waals surface area (Å²) in [6, 6.07) is 7.08. The van der Waals surface area contributed by atoms with Crippen molar-refractivity contribution in [1.29, 1.82) is 0 Å². The van der Waals surface area contributed by atoms with Gasteiger partial charge in [0.2, 0.25) is 0 Å². The molecule has 1 radical (unpaired) electrons. The maximum absolute atomic E-state index is 12.2. The van der Waals surface area contributed by atoms with Crippen molar-refractivity contribution in [3.63, 3.8) is 0 Å². The lowest BCUT2D eigenvalue weighted by Crippen LogP contribution is -2.19. The van der Waals surface area contributed by atoms with Crippen LogP contribution in [0.4, 0.5) is 13.2 Å². The third kappa shape index (κ3) is 2.66. The summed E-state index contributed by atoms with van der Waals surface area (Å²) < 4.78 is 40.5. The van der Waals surface area contributed by atoms with Crippen LogP contribution in [0.2, 0.25) is 0 Å². The predicted molar refractivity (Wildman–Crippen MR) is 52.2 cm³/mol. The first-order valence-corrected chi connectivity index (χ1v) is 5.03. The normalized spacial score (nSPS) is 21.1. The molecule has 2 rings (SSSR count). The van der Waals surface area contributed by atoms with Crippen molar-refractivity contribution in [1.82, 2.24) is 5.32 Å². The van der Waals surface area contributed by atoms with Crippen LogP contribution in [0.3, 0.4) is 0 Å². The first kappa shape index (κ1) is 11.3. The molecule has 1 aliphatic rings. The van der Waals surface area contributed by atoms with Crippen LogP contribution >= 0.6 is 0 Å². The number of halogens is 3. The van der Waals surface area contributed by atoms with E-state index in [1.165, 1.54) is 6.07 Å². The molecule has 1 aliphatic heterocycles. The molecule has 0 spiro atoms. The van der Waals surface area contributed by atoms with Crippen molar-refractivity contribution in [2.24, 2.45) is 0 Å². The minimum absolute atomic E-state index is 0.0898. The van der Waals surface area contributed by atoms with Crippen molar-refractivity contribution >= 4 is 0 Å². The zero-order valence-electron chi connectivity index (χ0n) is 8.47. The molecule has 0 aromatic heterocycles. The third-order valence-corrected chi connectivity index (χ3v) is 2.58. The van der Waals surface area contributed by atoms with Gasteiger partial charge in [-0.25, -0.2) is 0 Å². The largest absolute Gasteiger partial charge is 0.573 e. The fraction of sp³-hybridized carbons (Fsp3) is 0.455. The molecule has 0 amide bonds. The Bertz CT molecular complexity index is 358. The molecule has 0 aliphatic carbocycles. The highest BCUT2D eigenvalue weighted by Gasteiger charge is 2.33. The van der Waals surface area contributed by atoms with Gasteiger partial charge in [-0.1, -0.05) is 12.1 Å². The second kappa shape index (κ2) is 4.33. The molecule has 0 saturated carbocycles. The molecule has 2 nitrogen and oxygen atoms in total. The average Bonchev–Trinajstić information content (AvgIpc) is 2.69. The SMILES string of the molecule is FC(F)(F)Oc1c[c]ccc1[C@@H]1CCNC1. The van der Waals surface area contributed by atoms with Gasteiger partial charge in [-0.05, 0) is 30.7 Å². The van der Waals surface area contributed by atoms with Crippen LogP contribution in [0.1, 0.15) is 17.9 Å². The minimum atomic E-state index is -4.64. The molecular weight excluding hydrogens is 219 g/mol. The predicted octanol–water partition coefficient (Wildman–Crippen LogP) is 2.46. The van der Waals surface area contributed by atoms with Crippen LogP contribution in [0.15, 0.2) is 18.2 Å². The Labute approximate surface area is 91.4 Å². The molecule has 16 heavy (non-hydrogen) atoms. The lowest BCUT2D eigenvalue weighted by molar-refractivity contribution is -0.275. The summed E-state index contributed by atoms with van der Waals surface area (Å²) in [5.74, 6) is -0.0457. The second-order valence-corrected chi connectivity index (χ2v) is 3.70. The van der Waals surface area contributed by atoms with Gasteiger partial charge in [-0.2, -0.15) is 0 Å². The highest BCUT2D eigenvalue weighted by Crippen LogP contribution is 2.33. The first-order valence-electron chi connectivity index (χ1n) is 5.03. The fourth-order valence-corrected chi connectivity index (χ4v) is 1.90. The molecule has 87 valence electrons. The lowest BCUT2D eigenvalue weighted by atomic mass is 9.97. The minimum Gasteiger partial charge on any atom is -0.405 e. The topological polar surface area (TPSA) is 21.3 Å². The van der Waals surface area contributed by atoms with Crippen LogP contribution in [0.5, 0.6) is 5.75 Å². The molecule has 1 aromatic carbocycles. The van der Waals surface area contributed by atoms with E-state index in [4.69, 9.17) is 0 Å². The molecule has 1 saturated heterocycles. The van der Waals surface area contributed by atoms with Crippen LogP contribution in [-0.4, -0.2) is 19.5 Å². The van der Waals surface area contributed by atoms with Crippen molar-refractivity contribution in [3.05, 3.63) is 29.8 Å².